The zero-order chi connectivity index (χ0) is 18.8. The number of nitrogens with one attached hydrogen (secondary N) is 3. The topological polar surface area (TPSA) is 96.2 Å². The first-order chi connectivity index (χ1) is 12.6. The lowest BCUT2D eigenvalue weighted by Gasteiger charge is -2.11. The maximum atomic E-state index is 11.6. The van der Waals surface area contributed by atoms with Crippen LogP contribution in [0.5, 0.6) is 0 Å². The van der Waals surface area contributed by atoms with Crippen molar-refractivity contribution in [2.45, 2.75) is 39.8 Å². The number of aryl methyl sites for hydroxylation is 1. The van der Waals surface area contributed by atoms with Crippen LogP contribution >= 0.6 is 0 Å². The molecule has 8 nitrogen and oxygen atoms in total. The summed E-state index contributed by atoms with van der Waals surface area (Å²) in [7, 11) is 1.86. The molecule has 0 fully saturated rings. The Hall–Kier alpha value is -2.90. The molecule has 26 heavy (non-hydrogen) atoms. The van der Waals surface area contributed by atoms with Crippen molar-refractivity contribution in [1.82, 2.24) is 25.4 Å². The molecule has 0 saturated carbocycles. The summed E-state index contributed by atoms with van der Waals surface area (Å²) in [6.07, 6.45) is 2.91. The molecule has 1 amide bonds. The predicted molar refractivity (Wildman–Crippen MR) is 103 cm³/mol. The van der Waals surface area contributed by atoms with Crippen molar-refractivity contribution in [3.63, 3.8) is 0 Å². The number of nitrogens with zero attached hydrogens (tertiary/aromatic N) is 4. The number of anilines is 1. The predicted octanol–water partition coefficient (Wildman–Crippen LogP) is 1.81. The summed E-state index contributed by atoms with van der Waals surface area (Å²) in [5.74, 6) is 1.60. The van der Waals surface area contributed by atoms with Crippen LogP contribution in [0.15, 0.2) is 35.6 Å². The maximum absolute atomic E-state index is 11.6. The molecule has 0 aliphatic carbocycles. The number of hydrogen-bond donors (Lipinski definition) is 3. The van der Waals surface area contributed by atoms with Crippen LogP contribution in [0, 0.1) is 0 Å². The molecular formula is C18H27N7O. The summed E-state index contributed by atoms with van der Waals surface area (Å²) in [5.41, 5.74) is 1.87. The third kappa shape index (κ3) is 6.19. The fourth-order valence-electron chi connectivity index (χ4n) is 2.30. The van der Waals surface area contributed by atoms with Gasteiger partial charge >= 0.3 is 0 Å². The van der Waals surface area contributed by atoms with Gasteiger partial charge in [-0.15, -0.1) is 0 Å². The second kappa shape index (κ2) is 10.2. The molecule has 0 radical (unpaired) electrons. The number of carbonyl (C=O) groups excluding carboxylic acids is 1. The molecule has 0 unspecified atom stereocenters. The highest BCUT2D eigenvalue weighted by Crippen LogP contribution is 2.11. The molecule has 1 aromatic carbocycles. The molecule has 0 aliphatic rings. The Morgan fingerprint density at radius 3 is 2.58 bits per heavy atom. The molecule has 8 heteroatoms. The molecule has 140 valence electrons. The van der Waals surface area contributed by atoms with Gasteiger partial charge in [-0.05, 0) is 31.0 Å². The van der Waals surface area contributed by atoms with Crippen molar-refractivity contribution in [1.29, 1.82) is 0 Å². The quantitative estimate of drug-likeness (QED) is 0.495. The first kappa shape index (κ1) is 19.4. The van der Waals surface area contributed by atoms with Gasteiger partial charge in [-0.25, -0.2) is 9.98 Å². The minimum atomic E-state index is 0.0423. The summed E-state index contributed by atoms with van der Waals surface area (Å²) >= 11 is 0. The number of hydrogen-bond acceptors (Lipinski definition) is 4. The van der Waals surface area contributed by atoms with Gasteiger partial charge in [0, 0.05) is 25.7 Å². The molecule has 0 atom stereocenters. The number of guanidine groups is 1. The molecule has 1 heterocycles. The number of carbonyl (C=O) groups is 1. The van der Waals surface area contributed by atoms with Crippen LogP contribution in [-0.4, -0.2) is 33.2 Å². The number of aromatic nitrogens is 3. The molecule has 1 aromatic heterocycles. The minimum absolute atomic E-state index is 0.0423. The molecule has 0 saturated heterocycles. The second-order valence-corrected chi connectivity index (χ2v) is 5.84. The Morgan fingerprint density at radius 1 is 1.19 bits per heavy atom. The van der Waals surface area contributed by atoms with E-state index in [1.807, 2.05) is 45.2 Å². The van der Waals surface area contributed by atoms with E-state index >= 15 is 0 Å². The summed E-state index contributed by atoms with van der Waals surface area (Å²) < 4.78 is 1.72. The van der Waals surface area contributed by atoms with Crippen molar-refractivity contribution in [2.24, 2.45) is 12.0 Å². The zero-order valence-corrected chi connectivity index (χ0v) is 15.6. The van der Waals surface area contributed by atoms with Crippen LogP contribution in [-0.2, 0) is 24.9 Å². The second-order valence-electron chi connectivity index (χ2n) is 5.84. The Balaban J connectivity index is 1.91. The number of aliphatic imine (C=N–C) groups is 1. The highest BCUT2D eigenvalue weighted by molar-refractivity contribution is 5.90. The molecule has 0 aliphatic heterocycles. The fraction of sp³-hybridized carbons (Fsp3) is 0.444. The van der Waals surface area contributed by atoms with Gasteiger partial charge in [-0.2, -0.15) is 5.10 Å². The lowest BCUT2D eigenvalue weighted by Crippen LogP contribution is -2.37. The van der Waals surface area contributed by atoms with E-state index in [-0.39, 0.29) is 5.91 Å². The number of rotatable bonds is 8. The van der Waals surface area contributed by atoms with Gasteiger partial charge < -0.3 is 16.0 Å². The highest BCUT2D eigenvalue weighted by atomic mass is 16.1. The fourth-order valence-corrected chi connectivity index (χ4v) is 2.30. The Kier molecular flexibility index (Phi) is 7.60. The normalized spacial score (nSPS) is 11.3. The summed E-state index contributed by atoms with van der Waals surface area (Å²) in [6.45, 7) is 5.86. The monoisotopic (exact) mass is 357 g/mol. The maximum Gasteiger partial charge on any atom is 0.224 e. The van der Waals surface area contributed by atoms with E-state index in [1.54, 1.807) is 4.68 Å². The van der Waals surface area contributed by atoms with Crippen LogP contribution in [0.4, 0.5) is 5.69 Å². The van der Waals surface area contributed by atoms with Crippen molar-refractivity contribution < 1.29 is 4.79 Å². The van der Waals surface area contributed by atoms with Crippen molar-refractivity contribution in [3.05, 3.63) is 42.0 Å². The van der Waals surface area contributed by atoms with Crippen molar-refractivity contribution in [3.8, 4) is 0 Å². The van der Waals surface area contributed by atoms with Gasteiger partial charge in [0.1, 0.15) is 12.2 Å². The van der Waals surface area contributed by atoms with Crippen LogP contribution in [0.1, 0.15) is 38.1 Å². The van der Waals surface area contributed by atoms with Gasteiger partial charge in [0.15, 0.2) is 5.96 Å². The van der Waals surface area contributed by atoms with Gasteiger partial charge in [-0.3, -0.25) is 9.48 Å². The minimum Gasteiger partial charge on any atom is -0.357 e. The Morgan fingerprint density at radius 2 is 1.96 bits per heavy atom. The zero-order valence-electron chi connectivity index (χ0n) is 15.6. The van der Waals surface area contributed by atoms with Crippen LogP contribution in [0.3, 0.4) is 0 Å². The first-order valence-electron chi connectivity index (χ1n) is 8.86. The van der Waals surface area contributed by atoms with Gasteiger partial charge in [0.05, 0.1) is 13.1 Å². The number of amides is 1. The van der Waals surface area contributed by atoms with E-state index in [4.69, 9.17) is 0 Å². The summed E-state index contributed by atoms with van der Waals surface area (Å²) in [6, 6.07) is 7.74. The smallest absolute Gasteiger partial charge is 0.224 e. The van der Waals surface area contributed by atoms with E-state index in [2.05, 4.69) is 31.0 Å². The average molecular weight is 357 g/mol. The Bertz CT molecular complexity index is 721. The summed E-state index contributed by atoms with van der Waals surface area (Å²) in [4.78, 5) is 20.4. The van der Waals surface area contributed by atoms with Gasteiger partial charge in [0.25, 0.3) is 0 Å². The largest absolute Gasteiger partial charge is 0.357 e. The molecule has 0 bridgehead atoms. The van der Waals surface area contributed by atoms with E-state index in [0.717, 1.165) is 36.0 Å². The van der Waals surface area contributed by atoms with Gasteiger partial charge in [0.2, 0.25) is 5.91 Å². The van der Waals surface area contributed by atoms with Gasteiger partial charge in [-0.1, -0.05) is 19.1 Å². The third-order valence-electron chi connectivity index (χ3n) is 3.70. The van der Waals surface area contributed by atoms with E-state index in [0.29, 0.717) is 19.5 Å². The van der Waals surface area contributed by atoms with Crippen LogP contribution in [0.2, 0.25) is 0 Å². The lowest BCUT2D eigenvalue weighted by molar-refractivity contribution is -0.116. The van der Waals surface area contributed by atoms with E-state index < -0.39 is 0 Å². The molecule has 2 aromatic rings. The van der Waals surface area contributed by atoms with Crippen LogP contribution < -0.4 is 16.0 Å². The highest BCUT2D eigenvalue weighted by Gasteiger charge is 2.03. The lowest BCUT2D eigenvalue weighted by atomic mass is 10.2. The van der Waals surface area contributed by atoms with E-state index in [9.17, 15) is 4.79 Å². The number of benzene rings is 1. The molecule has 0 spiro atoms. The average Bonchev–Trinajstić information content (AvgIpc) is 3.04. The summed E-state index contributed by atoms with van der Waals surface area (Å²) in [5, 5.41) is 13.4. The third-order valence-corrected chi connectivity index (χ3v) is 3.70. The molecule has 2 rings (SSSR count). The molecule has 3 N–H and O–H groups in total. The van der Waals surface area contributed by atoms with Crippen molar-refractivity contribution in [2.75, 3.05) is 11.9 Å². The van der Waals surface area contributed by atoms with Crippen LogP contribution in [0.25, 0.3) is 0 Å². The Labute approximate surface area is 154 Å². The first-order valence-corrected chi connectivity index (χ1v) is 8.86. The van der Waals surface area contributed by atoms with Crippen molar-refractivity contribution >= 4 is 17.6 Å². The SMILES string of the molecule is CCCC(=O)Nc1ccc(CN=C(NCC)NCc2ncnn2C)cc1. The molecular weight excluding hydrogens is 330 g/mol. The standard InChI is InChI=1S/C18H27N7O/c1-4-6-17(26)24-15-9-7-14(8-10-15)11-20-18(19-5-2)21-12-16-22-13-23-25(16)3/h7-10,13H,4-6,11-12H2,1-3H3,(H,24,26)(H2,19,20,21). The van der Waals surface area contributed by atoms with E-state index in [1.165, 1.54) is 6.33 Å².